The summed E-state index contributed by atoms with van der Waals surface area (Å²) in [6.45, 7) is 3.48. The third-order valence-corrected chi connectivity index (χ3v) is 6.29. The first kappa shape index (κ1) is 14.9. The van der Waals surface area contributed by atoms with Crippen molar-refractivity contribution in [2.75, 3.05) is 18.1 Å². The molecule has 1 saturated heterocycles. The van der Waals surface area contributed by atoms with E-state index in [2.05, 4.69) is 60.0 Å². The van der Waals surface area contributed by atoms with Crippen LogP contribution in [0.25, 0.3) is 0 Å². The van der Waals surface area contributed by atoms with E-state index in [0.717, 1.165) is 25.8 Å². The Kier molecular flexibility index (Phi) is 4.87. The molecule has 0 N–H and O–H groups in total. The largest absolute Gasteiger partial charge is 0.295 e. The average Bonchev–Trinajstić information content (AvgIpc) is 2.55. The number of benzene rings is 1. The van der Waals surface area contributed by atoms with Crippen LogP contribution in [0.15, 0.2) is 30.3 Å². The average molecular weight is 300 g/mol. The van der Waals surface area contributed by atoms with Crippen LogP contribution >= 0.6 is 11.8 Å². The van der Waals surface area contributed by atoms with Gasteiger partial charge in [0.05, 0.1) is 12.0 Å². The Balaban J connectivity index is 1.77. The fourth-order valence-electron chi connectivity index (χ4n) is 3.92. The Bertz CT molecular complexity index is 496. The summed E-state index contributed by atoms with van der Waals surface area (Å²) in [4.78, 5) is 2.62. The van der Waals surface area contributed by atoms with E-state index in [4.69, 9.17) is 0 Å². The van der Waals surface area contributed by atoms with E-state index >= 15 is 0 Å². The van der Waals surface area contributed by atoms with Crippen molar-refractivity contribution in [1.29, 1.82) is 5.26 Å². The van der Waals surface area contributed by atoms with Crippen LogP contribution in [-0.2, 0) is 0 Å². The van der Waals surface area contributed by atoms with Crippen molar-refractivity contribution in [3.05, 3.63) is 35.9 Å². The zero-order valence-corrected chi connectivity index (χ0v) is 13.6. The maximum Gasteiger partial charge on any atom is 0.0672 e. The molecule has 3 rings (SSSR count). The smallest absolute Gasteiger partial charge is 0.0672 e. The molecular formula is C18H24N2S. The van der Waals surface area contributed by atoms with Crippen molar-refractivity contribution in [2.45, 2.75) is 44.2 Å². The Morgan fingerprint density at radius 1 is 1.24 bits per heavy atom. The van der Waals surface area contributed by atoms with Gasteiger partial charge in [0.15, 0.2) is 0 Å². The molecule has 3 heteroatoms. The van der Waals surface area contributed by atoms with Crippen molar-refractivity contribution in [3.63, 3.8) is 0 Å². The Morgan fingerprint density at radius 3 is 2.76 bits per heavy atom. The second-order valence-corrected chi connectivity index (χ2v) is 7.54. The molecule has 1 aromatic carbocycles. The zero-order valence-electron chi connectivity index (χ0n) is 12.7. The molecule has 0 bridgehead atoms. The van der Waals surface area contributed by atoms with Crippen LogP contribution in [0.4, 0.5) is 0 Å². The molecule has 2 fully saturated rings. The minimum absolute atomic E-state index is 0.218. The van der Waals surface area contributed by atoms with Crippen LogP contribution in [0.2, 0.25) is 0 Å². The summed E-state index contributed by atoms with van der Waals surface area (Å²) >= 11 is 2.05. The minimum Gasteiger partial charge on any atom is -0.295 e. The molecule has 0 amide bonds. The molecule has 0 spiro atoms. The van der Waals surface area contributed by atoms with Crippen molar-refractivity contribution in [2.24, 2.45) is 5.92 Å². The van der Waals surface area contributed by atoms with Gasteiger partial charge in [-0.1, -0.05) is 30.3 Å². The van der Waals surface area contributed by atoms with Crippen molar-refractivity contribution in [3.8, 4) is 6.07 Å². The van der Waals surface area contributed by atoms with Crippen LogP contribution < -0.4 is 0 Å². The van der Waals surface area contributed by atoms with Gasteiger partial charge in [-0.05, 0) is 37.7 Å². The lowest BCUT2D eigenvalue weighted by Gasteiger charge is -2.45. The number of hydrogen-bond acceptors (Lipinski definition) is 3. The van der Waals surface area contributed by atoms with Crippen molar-refractivity contribution in [1.82, 2.24) is 4.90 Å². The van der Waals surface area contributed by atoms with Gasteiger partial charge in [-0.3, -0.25) is 4.90 Å². The first-order valence-electron chi connectivity index (χ1n) is 8.07. The molecule has 2 aliphatic rings. The minimum atomic E-state index is 0.218. The molecule has 4 atom stereocenters. The lowest BCUT2D eigenvalue weighted by Crippen LogP contribution is -2.51. The molecule has 112 valence electrons. The van der Waals surface area contributed by atoms with Crippen LogP contribution in [-0.4, -0.2) is 35.0 Å². The summed E-state index contributed by atoms with van der Waals surface area (Å²) in [6, 6.07) is 14.5. The number of nitriles is 1. The summed E-state index contributed by atoms with van der Waals surface area (Å²) in [5.74, 6) is 3.28. The molecule has 1 aliphatic heterocycles. The van der Waals surface area contributed by atoms with E-state index in [9.17, 15) is 5.26 Å². The highest BCUT2D eigenvalue weighted by Gasteiger charge is 2.37. The fraction of sp³-hybridized carbons (Fsp3) is 0.611. The van der Waals surface area contributed by atoms with Crippen LogP contribution in [0.3, 0.4) is 0 Å². The van der Waals surface area contributed by atoms with Gasteiger partial charge in [-0.15, -0.1) is 0 Å². The Hall–Kier alpha value is -0.980. The predicted molar refractivity (Wildman–Crippen MR) is 89.4 cm³/mol. The monoisotopic (exact) mass is 300 g/mol. The van der Waals surface area contributed by atoms with Gasteiger partial charge >= 0.3 is 0 Å². The van der Waals surface area contributed by atoms with E-state index in [0.29, 0.717) is 18.0 Å². The van der Waals surface area contributed by atoms with E-state index in [-0.39, 0.29) is 5.92 Å². The highest BCUT2D eigenvalue weighted by Crippen LogP contribution is 2.39. The number of rotatable bonds is 2. The van der Waals surface area contributed by atoms with Gasteiger partial charge in [0.25, 0.3) is 0 Å². The molecule has 4 unspecified atom stereocenters. The molecule has 0 radical (unpaired) electrons. The fourth-order valence-corrected chi connectivity index (χ4v) is 4.96. The van der Waals surface area contributed by atoms with Crippen LogP contribution in [0, 0.1) is 17.2 Å². The second kappa shape index (κ2) is 6.85. The van der Waals surface area contributed by atoms with Gasteiger partial charge in [-0.25, -0.2) is 0 Å². The number of nitrogens with zero attached hydrogens (tertiary/aromatic N) is 2. The Labute approximate surface area is 132 Å². The third kappa shape index (κ3) is 3.27. The lowest BCUT2D eigenvalue weighted by molar-refractivity contribution is 0.0932. The van der Waals surface area contributed by atoms with Crippen molar-refractivity contribution < 1.29 is 0 Å². The SMILES string of the molecule is CC1CSCCN1C1CC(c2ccccc2)CCC1C#N. The third-order valence-electron chi connectivity index (χ3n) is 5.10. The van der Waals surface area contributed by atoms with E-state index in [1.807, 2.05) is 0 Å². The summed E-state index contributed by atoms with van der Waals surface area (Å²) in [7, 11) is 0. The Morgan fingerprint density at radius 2 is 2.05 bits per heavy atom. The number of thioether (sulfide) groups is 1. The second-order valence-electron chi connectivity index (χ2n) is 6.39. The molecule has 1 heterocycles. The quantitative estimate of drug-likeness (QED) is 0.829. The first-order chi connectivity index (χ1) is 10.3. The molecule has 1 saturated carbocycles. The van der Waals surface area contributed by atoms with Gasteiger partial charge in [0.1, 0.15) is 0 Å². The van der Waals surface area contributed by atoms with Gasteiger partial charge in [0, 0.05) is 30.1 Å². The van der Waals surface area contributed by atoms with E-state index in [1.165, 1.54) is 17.1 Å². The topological polar surface area (TPSA) is 27.0 Å². The highest BCUT2D eigenvalue weighted by molar-refractivity contribution is 7.99. The number of hydrogen-bond donors (Lipinski definition) is 0. The van der Waals surface area contributed by atoms with Gasteiger partial charge in [-0.2, -0.15) is 17.0 Å². The first-order valence-corrected chi connectivity index (χ1v) is 9.23. The molecule has 1 aromatic rings. The molecule has 2 nitrogen and oxygen atoms in total. The van der Waals surface area contributed by atoms with Crippen LogP contribution in [0.5, 0.6) is 0 Å². The normalized spacial score (nSPS) is 34.3. The maximum atomic E-state index is 9.55. The van der Waals surface area contributed by atoms with E-state index < -0.39 is 0 Å². The summed E-state index contributed by atoms with van der Waals surface area (Å²) in [5.41, 5.74) is 1.46. The van der Waals surface area contributed by atoms with Crippen LogP contribution in [0.1, 0.15) is 37.7 Å². The standard InChI is InChI=1S/C18H24N2S/c1-14-13-21-10-9-20(14)18-11-16(7-8-17(18)12-19)15-5-3-2-4-6-15/h2-6,14,16-18H,7-11,13H2,1H3. The van der Waals surface area contributed by atoms with E-state index in [1.54, 1.807) is 0 Å². The maximum absolute atomic E-state index is 9.55. The van der Waals surface area contributed by atoms with Gasteiger partial charge in [0.2, 0.25) is 0 Å². The zero-order chi connectivity index (χ0) is 14.7. The summed E-state index contributed by atoms with van der Waals surface area (Å²) in [6.07, 6.45) is 3.37. The molecule has 21 heavy (non-hydrogen) atoms. The molecule has 0 aromatic heterocycles. The highest BCUT2D eigenvalue weighted by atomic mass is 32.2. The lowest BCUT2D eigenvalue weighted by atomic mass is 9.75. The molecule has 1 aliphatic carbocycles. The summed E-state index contributed by atoms with van der Waals surface area (Å²) < 4.78 is 0. The van der Waals surface area contributed by atoms with Gasteiger partial charge < -0.3 is 0 Å². The summed E-state index contributed by atoms with van der Waals surface area (Å²) in [5, 5.41) is 9.55. The van der Waals surface area contributed by atoms with Crippen molar-refractivity contribution >= 4 is 11.8 Å². The molecular weight excluding hydrogens is 276 g/mol. The predicted octanol–water partition coefficient (Wildman–Crippen LogP) is 3.90.